The Morgan fingerprint density at radius 1 is 0.519 bits per heavy atom. The predicted molar refractivity (Wildman–Crippen MR) is 183 cm³/mol. The molecule has 52 heavy (non-hydrogen) atoms. The number of carboxylic acid groups (broad SMARTS) is 1. The number of ether oxygens (including phenoxy) is 12. The summed E-state index contributed by atoms with van der Waals surface area (Å²) in [6, 6.07) is 0. The number of hydrogen-bond acceptors (Lipinski definition) is 16. The summed E-state index contributed by atoms with van der Waals surface area (Å²) < 4.78 is 64.9. The molecule has 1 N–H and O–H groups in total. The monoisotopic (exact) mass is 752 g/mol. The van der Waals surface area contributed by atoms with Crippen molar-refractivity contribution >= 4 is 17.8 Å². The van der Waals surface area contributed by atoms with E-state index in [-0.39, 0.29) is 13.1 Å². The van der Waals surface area contributed by atoms with Crippen molar-refractivity contribution in [2.24, 2.45) is 0 Å². The van der Waals surface area contributed by atoms with Crippen molar-refractivity contribution in [3.05, 3.63) is 12.2 Å². The molecular formula is C34H60N2O16. The van der Waals surface area contributed by atoms with Gasteiger partial charge in [0.25, 0.3) is 11.8 Å². The molecule has 302 valence electrons. The summed E-state index contributed by atoms with van der Waals surface area (Å²) in [6.07, 6.45) is 2.90. The Kier molecular flexibility index (Phi) is 27.6. The number of hydrogen-bond donors (Lipinski definition) is 1. The standard InChI is InChI=1S/C34H60N2O16/c1-41-7-8-43-11-12-45-15-16-47-19-20-49-23-24-51-27-28-52-26-25-50-22-21-48-18-17-46-14-13-44-10-9-42-6-2-5-35-29-34(30-35,33(39)40)36-31(37)3-4-32(36)38/h3-4H,2,5-30H2,1H3,(H,39,40). The number of methoxy groups -OCH3 is 1. The number of imide groups is 1. The van der Waals surface area contributed by atoms with E-state index in [1.165, 1.54) is 0 Å². The largest absolute Gasteiger partial charge is 0.479 e. The number of carboxylic acids is 1. The van der Waals surface area contributed by atoms with Crippen LogP contribution in [0.3, 0.4) is 0 Å². The van der Waals surface area contributed by atoms with Crippen molar-refractivity contribution in [3.8, 4) is 0 Å². The molecule has 1 fully saturated rings. The van der Waals surface area contributed by atoms with E-state index < -0.39 is 23.3 Å². The summed E-state index contributed by atoms with van der Waals surface area (Å²) in [5.74, 6) is -2.34. The zero-order valence-corrected chi connectivity index (χ0v) is 30.7. The zero-order valence-electron chi connectivity index (χ0n) is 30.7. The maximum absolute atomic E-state index is 11.9. The Bertz CT molecular complexity index is 934. The molecule has 2 aliphatic rings. The first-order chi connectivity index (χ1) is 25.5. The highest BCUT2D eigenvalue weighted by atomic mass is 16.6. The first kappa shape index (κ1) is 46.0. The topological polar surface area (TPSA) is 189 Å². The van der Waals surface area contributed by atoms with Gasteiger partial charge in [0.05, 0.1) is 145 Å². The van der Waals surface area contributed by atoms with Gasteiger partial charge in [-0.05, 0) is 6.42 Å². The van der Waals surface area contributed by atoms with E-state index in [1.807, 2.05) is 4.90 Å². The molecule has 0 saturated carbocycles. The Balaban J connectivity index is 1.18. The maximum Gasteiger partial charge on any atom is 0.332 e. The van der Waals surface area contributed by atoms with Crippen LogP contribution < -0.4 is 0 Å². The van der Waals surface area contributed by atoms with Gasteiger partial charge in [0, 0.05) is 45.5 Å². The van der Waals surface area contributed by atoms with E-state index in [9.17, 15) is 19.5 Å². The second-order valence-electron chi connectivity index (χ2n) is 11.5. The summed E-state index contributed by atoms with van der Waals surface area (Å²) in [7, 11) is 1.64. The Morgan fingerprint density at radius 3 is 1.06 bits per heavy atom. The van der Waals surface area contributed by atoms with Crippen LogP contribution in [0.5, 0.6) is 0 Å². The van der Waals surface area contributed by atoms with Gasteiger partial charge in [-0.3, -0.25) is 19.4 Å². The minimum atomic E-state index is -1.49. The SMILES string of the molecule is COCCOCCOCCOCCOCCOCCOCCOCCOCCOCCOCCOCCCN1CC(C(=O)O)(N2C(=O)C=CC2=O)C1. The third-order valence-corrected chi connectivity index (χ3v) is 7.52. The molecule has 0 atom stereocenters. The molecule has 0 unspecified atom stereocenters. The summed E-state index contributed by atoms with van der Waals surface area (Å²) >= 11 is 0. The smallest absolute Gasteiger partial charge is 0.332 e. The van der Waals surface area contributed by atoms with E-state index in [0.29, 0.717) is 165 Å². The minimum absolute atomic E-state index is 0.110. The van der Waals surface area contributed by atoms with Crippen LogP contribution in [0.25, 0.3) is 0 Å². The summed E-state index contributed by atoms with van der Waals surface area (Å²) in [5, 5.41) is 9.63. The molecule has 0 aromatic carbocycles. The van der Waals surface area contributed by atoms with Gasteiger partial charge in [-0.25, -0.2) is 4.79 Å². The van der Waals surface area contributed by atoms with Crippen molar-refractivity contribution in [1.82, 2.24) is 9.80 Å². The van der Waals surface area contributed by atoms with E-state index >= 15 is 0 Å². The molecule has 1 saturated heterocycles. The van der Waals surface area contributed by atoms with Crippen LogP contribution in [0, 0.1) is 0 Å². The molecule has 2 amide bonds. The van der Waals surface area contributed by atoms with Crippen molar-refractivity contribution in [3.63, 3.8) is 0 Å². The van der Waals surface area contributed by atoms with Crippen LogP contribution in [-0.2, 0) is 71.2 Å². The molecule has 0 aromatic heterocycles. The number of carbonyl (C=O) groups excluding carboxylic acids is 2. The molecule has 0 aliphatic carbocycles. The third-order valence-electron chi connectivity index (χ3n) is 7.52. The van der Waals surface area contributed by atoms with Crippen LogP contribution in [0.4, 0.5) is 0 Å². The van der Waals surface area contributed by atoms with E-state index in [0.717, 1.165) is 17.1 Å². The van der Waals surface area contributed by atoms with Crippen LogP contribution in [0.2, 0.25) is 0 Å². The number of amides is 2. The summed E-state index contributed by atoms with van der Waals surface area (Å²) in [6.45, 7) is 12.2. The Labute approximate surface area is 306 Å². The fraction of sp³-hybridized carbons (Fsp3) is 0.853. The van der Waals surface area contributed by atoms with Crippen molar-refractivity contribution in [2.45, 2.75) is 12.0 Å². The van der Waals surface area contributed by atoms with Crippen molar-refractivity contribution in [1.29, 1.82) is 0 Å². The van der Waals surface area contributed by atoms with Gasteiger partial charge in [-0.15, -0.1) is 0 Å². The minimum Gasteiger partial charge on any atom is -0.479 e. The molecule has 0 bridgehead atoms. The third kappa shape index (κ3) is 20.9. The molecule has 2 aliphatic heterocycles. The van der Waals surface area contributed by atoms with Crippen LogP contribution in [0.1, 0.15) is 6.42 Å². The molecule has 18 heteroatoms. The van der Waals surface area contributed by atoms with Gasteiger partial charge in [-0.1, -0.05) is 0 Å². The second kappa shape index (κ2) is 31.2. The van der Waals surface area contributed by atoms with Gasteiger partial charge >= 0.3 is 5.97 Å². The van der Waals surface area contributed by atoms with Gasteiger partial charge in [-0.2, -0.15) is 0 Å². The number of nitrogens with zero attached hydrogens (tertiary/aromatic N) is 2. The van der Waals surface area contributed by atoms with Crippen molar-refractivity contribution in [2.75, 3.05) is 179 Å². The highest BCUT2D eigenvalue weighted by Gasteiger charge is 2.58. The molecule has 0 spiro atoms. The normalized spacial score (nSPS) is 15.6. The lowest BCUT2D eigenvalue weighted by Crippen LogP contribution is -2.75. The van der Waals surface area contributed by atoms with E-state index in [4.69, 9.17) is 56.8 Å². The summed E-state index contributed by atoms with van der Waals surface area (Å²) in [4.78, 5) is 38.4. The maximum atomic E-state index is 11.9. The van der Waals surface area contributed by atoms with Gasteiger partial charge in [0.1, 0.15) is 0 Å². The zero-order chi connectivity index (χ0) is 37.4. The lowest BCUT2D eigenvalue weighted by atomic mass is 9.87. The van der Waals surface area contributed by atoms with Gasteiger partial charge in [0.2, 0.25) is 0 Å². The molecular weight excluding hydrogens is 692 g/mol. The first-order valence-corrected chi connectivity index (χ1v) is 17.9. The lowest BCUT2D eigenvalue weighted by molar-refractivity contribution is -0.174. The van der Waals surface area contributed by atoms with Crippen LogP contribution >= 0.6 is 0 Å². The van der Waals surface area contributed by atoms with Crippen LogP contribution in [-0.4, -0.2) is 217 Å². The fourth-order valence-electron chi connectivity index (χ4n) is 4.88. The molecule has 0 radical (unpaired) electrons. The number of rotatable bonds is 39. The average molecular weight is 753 g/mol. The van der Waals surface area contributed by atoms with Crippen molar-refractivity contribution < 1.29 is 76.3 Å². The quantitative estimate of drug-likeness (QED) is 0.0611. The first-order valence-electron chi connectivity index (χ1n) is 17.9. The fourth-order valence-corrected chi connectivity index (χ4v) is 4.88. The van der Waals surface area contributed by atoms with Gasteiger partial charge < -0.3 is 61.9 Å². The average Bonchev–Trinajstić information content (AvgIpc) is 3.45. The lowest BCUT2D eigenvalue weighted by Gasteiger charge is -2.50. The predicted octanol–water partition coefficient (Wildman–Crippen LogP) is -0.730. The molecule has 2 heterocycles. The molecule has 0 aromatic rings. The Morgan fingerprint density at radius 2 is 0.788 bits per heavy atom. The van der Waals surface area contributed by atoms with E-state index in [1.54, 1.807) is 7.11 Å². The summed E-state index contributed by atoms with van der Waals surface area (Å²) in [5.41, 5.74) is -1.49. The molecule has 2 rings (SSSR count). The van der Waals surface area contributed by atoms with E-state index in [2.05, 4.69) is 0 Å². The number of likely N-dealkylation sites (tertiary alicyclic amines) is 1. The second-order valence-corrected chi connectivity index (χ2v) is 11.5. The highest BCUT2D eigenvalue weighted by molar-refractivity contribution is 6.16. The van der Waals surface area contributed by atoms with Crippen LogP contribution in [0.15, 0.2) is 12.2 Å². The highest BCUT2D eigenvalue weighted by Crippen LogP contribution is 2.31. The molecule has 18 nitrogen and oxygen atoms in total. The Hall–Kier alpha value is -2.17. The number of carbonyl (C=O) groups is 3. The number of aliphatic carboxylic acids is 1. The van der Waals surface area contributed by atoms with Gasteiger partial charge in [0.15, 0.2) is 5.54 Å².